The summed E-state index contributed by atoms with van der Waals surface area (Å²) in [4.78, 5) is 8.02. The van der Waals surface area contributed by atoms with Gasteiger partial charge in [-0.3, -0.25) is 4.98 Å². The van der Waals surface area contributed by atoms with Crippen molar-refractivity contribution < 1.29 is 9.15 Å². The van der Waals surface area contributed by atoms with Gasteiger partial charge in [-0.1, -0.05) is 0 Å². The fraction of sp³-hybridized carbons (Fsp3) is 0.250. The second-order valence-corrected chi connectivity index (χ2v) is 2.57. The van der Waals surface area contributed by atoms with E-state index in [1.165, 1.54) is 19.5 Å². The van der Waals surface area contributed by atoms with Gasteiger partial charge in [0.25, 0.3) is 5.89 Å². The number of rotatable bonds is 2. The molecule has 0 amide bonds. The van der Waals surface area contributed by atoms with Crippen LogP contribution in [0.5, 0.6) is 5.88 Å². The topological polar surface area (TPSA) is 73.9 Å². The highest BCUT2D eigenvalue weighted by Crippen LogP contribution is 2.16. The lowest BCUT2D eigenvalue weighted by molar-refractivity contribution is 0.395. The van der Waals surface area contributed by atoms with Crippen LogP contribution in [0, 0.1) is 6.92 Å². The van der Waals surface area contributed by atoms with Crippen LogP contribution < -0.4 is 4.74 Å². The van der Waals surface area contributed by atoms with Gasteiger partial charge in [0.15, 0.2) is 0 Å². The van der Waals surface area contributed by atoms with Crippen molar-refractivity contribution in [2.24, 2.45) is 0 Å². The molecule has 0 atom stereocenters. The Morgan fingerprint density at radius 2 is 2.14 bits per heavy atom. The van der Waals surface area contributed by atoms with E-state index in [1.807, 2.05) is 0 Å². The minimum Gasteiger partial charge on any atom is -0.480 e. The molecule has 72 valence electrons. The molecular weight excluding hydrogens is 184 g/mol. The summed E-state index contributed by atoms with van der Waals surface area (Å²) >= 11 is 0. The van der Waals surface area contributed by atoms with Crippen LogP contribution in [0.15, 0.2) is 16.8 Å². The quantitative estimate of drug-likeness (QED) is 0.702. The molecule has 2 aromatic rings. The summed E-state index contributed by atoms with van der Waals surface area (Å²) in [5.74, 6) is 1.25. The molecule has 0 radical (unpaired) electrons. The van der Waals surface area contributed by atoms with E-state index in [9.17, 15) is 0 Å². The van der Waals surface area contributed by atoms with Gasteiger partial charge in [0.05, 0.1) is 19.5 Å². The molecule has 0 N–H and O–H groups in total. The van der Waals surface area contributed by atoms with Crippen molar-refractivity contribution in [2.75, 3.05) is 7.11 Å². The van der Waals surface area contributed by atoms with E-state index in [0.717, 1.165) is 0 Å². The molecule has 2 aromatic heterocycles. The molecule has 6 nitrogen and oxygen atoms in total. The number of ether oxygens (including phenoxy) is 1. The van der Waals surface area contributed by atoms with Gasteiger partial charge in [0.2, 0.25) is 11.8 Å². The van der Waals surface area contributed by atoms with E-state index < -0.39 is 0 Å². The number of aryl methyl sites for hydroxylation is 1. The van der Waals surface area contributed by atoms with E-state index in [0.29, 0.717) is 23.4 Å². The van der Waals surface area contributed by atoms with Gasteiger partial charge in [-0.15, -0.1) is 10.2 Å². The van der Waals surface area contributed by atoms with E-state index in [-0.39, 0.29) is 0 Å². The minimum atomic E-state index is 0.342. The Morgan fingerprint density at radius 3 is 2.79 bits per heavy atom. The van der Waals surface area contributed by atoms with Crippen LogP contribution in [0.3, 0.4) is 0 Å². The number of aromatic nitrogens is 4. The summed E-state index contributed by atoms with van der Waals surface area (Å²) < 4.78 is 10.1. The molecule has 2 rings (SSSR count). The molecule has 0 aromatic carbocycles. The summed E-state index contributed by atoms with van der Waals surface area (Å²) in [6, 6.07) is 0. The third-order valence-corrected chi connectivity index (χ3v) is 1.57. The Labute approximate surface area is 80.0 Å². The number of hydrogen-bond acceptors (Lipinski definition) is 6. The SMILES string of the molecule is COc1cncc(-c2nnc(C)o2)n1. The predicted molar refractivity (Wildman–Crippen MR) is 46.6 cm³/mol. The molecule has 0 aliphatic carbocycles. The highest BCUT2D eigenvalue weighted by molar-refractivity contribution is 5.44. The van der Waals surface area contributed by atoms with Crippen molar-refractivity contribution in [3.05, 3.63) is 18.3 Å². The lowest BCUT2D eigenvalue weighted by Crippen LogP contribution is -1.91. The molecule has 0 unspecified atom stereocenters. The highest BCUT2D eigenvalue weighted by Gasteiger charge is 2.08. The van der Waals surface area contributed by atoms with Crippen LogP contribution in [0.25, 0.3) is 11.6 Å². The first-order chi connectivity index (χ1) is 6.79. The van der Waals surface area contributed by atoms with Gasteiger partial charge >= 0.3 is 0 Å². The van der Waals surface area contributed by atoms with Gasteiger partial charge in [0, 0.05) is 6.92 Å². The van der Waals surface area contributed by atoms with Crippen molar-refractivity contribution in [1.82, 2.24) is 20.2 Å². The van der Waals surface area contributed by atoms with Gasteiger partial charge in [-0.2, -0.15) is 0 Å². The van der Waals surface area contributed by atoms with Crippen LogP contribution in [0.1, 0.15) is 5.89 Å². The first-order valence-electron chi connectivity index (χ1n) is 3.96. The lowest BCUT2D eigenvalue weighted by Gasteiger charge is -1.97. The molecular formula is C8H8N4O2. The molecule has 0 fully saturated rings. The number of hydrogen-bond donors (Lipinski definition) is 0. The zero-order valence-electron chi connectivity index (χ0n) is 7.76. The summed E-state index contributed by atoms with van der Waals surface area (Å²) in [7, 11) is 1.52. The Hall–Kier alpha value is -1.98. The zero-order chi connectivity index (χ0) is 9.97. The van der Waals surface area contributed by atoms with Crippen LogP contribution in [0.2, 0.25) is 0 Å². The summed E-state index contributed by atoms with van der Waals surface area (Å²) in [6.45, 7) is 1.71. The Kier molecular flexibility index (Phi) is 2.10. The molecule has 14 heavy (non-hydrogen) atoms. The monoisotopic (exact) mass is 192 g/mol. The molecule has 0 aliphatic rings. The van der Waals surface area contributed by atoms with E-state index in [1.54, 1.807) is 6.92 Å². The normalized spacial score (nSPS) is 10.1. The first kappa shape index (κ1) is 8.61. The molecule has 6 heteroatoms. The molecule has 0 spiro atoms. The Morgan fingerprint density at radius 1 is 1.29 bits per heavy atom. The van der Waals surface area contributed by atoms with Crippen LogP contribution in [0.4, 0.5) is 0 Å². The first-order valence-corrected chi connectivity index (χ1v) is 3.96. The minimum absolute atomic E-state index is 0.342. The Bertz CT molecular complexity index is 440. The third kappa shape index (κ3) is 1.54. The number of methoxy groups -OCH3 is 1. The van der Waals surface area contributed by atoms with Gasteiger partial charge in [-0.25, -0.2) is 4.98 Å². The van der Waals surface area contributed by atoms with Crippen LogP contribution in [-0.2, 0) is 0 Å². The van der Waals surface area contributed by atoms with Gasteiger partial charge in [-0.05, 0) is 0 Å². The molecule has 0 aliphatic heterocycles. The maximum atomic E-state index is 5.19. The second-order valence-electron chi connectivity index (χ2n) is 2.57. The largest absolute Gasteiger partial charge is 0.480 e. The van der Waals surface area contributed by atoms with Crippen LogP contribution in [-0.4, -0.2) is 27.3 Å². The maximum absolute atomic E-state index is 5.19. The van der Waals surface area contributed by atoms with Crippen molar-refractivity contribution >= 4 is 0 Å². The van der Waals surface area contributed by atoms with Crippen molar-refractivity contribution in [1.29, 1.82) is 0 Å². The lowest BCUT2D eigenvalue weighted by atomic mass is 10.4. The second kappa shape index (κ2) is 3.41. The number of nitrogens with zero attached hydrogens (tertiary/aromatic N) is 4. The van der Waals surface area contributed by atoms with Gasteiger partial charge in [0.1, 0.15) is 5.69 Å². The van der Waals surface area contributed by atoms with Crippen LogP contribution >= 0.6 is 0 Å². The van der Waals surface area contributed by atoms with Crippen molar-refractivity contribution in [3.63, 3.8) is 0 Å². The summed E-state index contributed by atoms with van der Waals surface area (Å²) in [5, 5.41) is 7.51. The van der Waals surface area contributed by atoms with Crippen molar-refractivity contribution in [2.45, 2.75) is 6.92 Å². The molecule has 2 heterocycles. The summed E-state index contributed by atoms with van der Waals surface area (Å²) in [6.07, 6.45) is 3.04. The van der Waals surface area contributed by atoms with E-state index in [4.69, 9.17) is 9.15 Å². The molecule has 0 saturated heterocycles. The average Bonchev–Trinajstić information content (AvgIpc) is 2.65. The third-order valence-electron chi connectivity index (χ3n) is 1.57. The summed E-state index contributed by atoms with van der Waals surface area (Å²) in [5.41, 5.74) is 0.505. The van der Waals surface area contributed by atoms with Crippen molar-refractivity contribution in [3.8, 4) is 17.5 Å². The standard InChI is InChI=1S/C8H8N4O2/c1-5-11-12-8(14-5)6-3-9-4-7(10-6)13-2/h3-4H,1-2H3. The zero-order valence-corrected chi connectivity index (χ0v) is 7.76. The maximum Gasteiger partial charge on any atom is 0.268 e. The molecule has 0 bridgehead atoms. The highest BCUT2D eigenvalue weighted by atomic mass is 16.5. The molecule has 0 saturated carbocycles. The fourth-order valence-electron chi connectivity index (χ4n) is 0.950. The van der Waals surface area contributed by atoms with Gasteiger partial charge < -0.3 is 9.15 Å². The average molecular weight is 192 g/mol. The van der Waals surface area contributed by atoms with E-state index in [2.05, 4.69) is 20.2 Å². The Balaban J connectivity index is 2.41. The smallest absolute Gasteiger partial charge is 0.268 e. The predicted octanol–water partition coefficient (Wildman–Crippen LogP) is 0.844. The fourth-order valence-corrected chi connectivity index (χ4v) is 0.950. The van der Waals surface area contributed by atoms with E-state index >= 15 is 0 Å².